The van der Waals surface area contributed by atoms with Crippen molar-refractivity contribution < 1.29 is 13.2 Å². The first-order valence-electron chi connectivity index (χ1n) is 8.60. The van der Waals surface area contributed by atoms with Crippen LogP contribution in [0.25, 0.3) is 33.4 Å². The quantitative estimate of drug-likeness (QED) is 0.538. The Labute approximate surface area is 167 Å². The van der Waals surface area contributed by atoms with Crippen LogP contribution in [-0.2, 0) is 17.1 Å². The zero-order valence-corrected chi connectivity index (χ0v) is 16.8. The first-order valence-corrected chi connectivity index (χ1v) is 10.5. The fraction of sp³-hybridized carbons (Fsp3) is 0.158. The lowest BCUT2D eigenvalue weighted by Crippen LogP contribution is -2.11. The number of methoxy groups -OCH3 is 1. The maximum atomic E-state index is 11.6. The zero-order valence-electron chi connectivity index (χ0n) is 16.0. The second kappa shape index (κ2) is 7.13. The molecule has 3 aromatic heterocycles. The maximum Gasteiger partial charge on any atom is 0.238 e. The highest BCUT2D eigenvalue weighted by Gasteiger charge is 2.13. The van der Waals surface area contributed by atoms with E-state index in [-0.39, 0.29) is 11.6 Å². The van der Waals surface area contributed by atoms with Gasteiger partial charge in [-0.15, -0.1) is 0 Å². The van der Waals surface area contributed by atoms with Crippen molar-refractivity contribution in [2.24, 2.45) is 7.05 Å². The second-order valence-electron chi connectivity index (χ2n) is 6.52. The smallest absolute Gasteiger partial charge is 0.238 e. The SMILES string of the molecule is COc1ncc(-c2ccc3ncc(-c4cnn(C)c4)nc3c2)cc1NS(C)(=O)=O. The summed E-state index contributed by atoms with van der Waals surface area (Å²) in [6.07, 6.45) is 8.01. The molecule has 0 spiro atoms. The molecule has 0 aliphatic heterocycles. The number of anilines is 1. The molecule has 0 amide bonds. The first-order chi connectivity index (χ1) is 13.8. The van der Waals surface area contributed by atoms with E-state index in [9.17, 15) is 8.42 Å². The minimum absolute atomic E-state index is 0.193. The standard InChI is InChI=1S/C19H18N6O3S/c1-25-11-14(9-22-25)18-10-20-15-5-4-12(6-16(15)23-18)13-7-17(24-29(3,26)27)19(28-2)21-8-13/h4-11,24H,1-3H3. The van der Waals surface area contributed by atoms with E-state index in [1.165, 1.54) is 7.11 Å². The normalized spacial score (nSPS) is 11.6. The number of hydrogen-bond acceptors (Lipinski definition) is 7. The Kier molecular flexibility index (Phi) is 4.63. The molecular formula is C19H18N6O3S. The number of pyridine rings is 1. The molecule has 1 N–H and O–H groups in total. The van der Waals surface area contributed by atoms with Crippen molar-refractivity contribution in [3.05, 3.63) is 49.1 Å². The molecule has 0 radical (unpaired) electrons. The Balaban J connectivity index is 1.78. The second-order valence-corrected chi connectivity index (χ2v) is 8.26. The molecule has 1 aromatic carbocycles. The van der Waals surface area contributed by atoms with Crippen LogP contribution in [-0.4, -0.2) is 46.5 Å². The number of fused-ring (bicyclic) bond motifs is 1. The third-order valence-electron chi connectivity index (χ3n) is 4.22. The van der Waals surface area contributed by atoms with Crippen LogP contribution < -0.4 is 9.46 Å². The topological polar surface area (TPSA) is 112 Å². The third-order valence-corrected chi connectivity index (χ3v) is 4.81. The van der Waals surface area contributed by atoms with Gasteiger partial charge in [0.25, 0.3) is 0 Å². The van der Waals surface area contributed by atoms with Gasteiger partial charge in [-0.3, -0.25) is 14.4 Å². The summed E-state index contributed by atoms with van der Waals surface area (Å²) in [5, 5.41) is 4.17. The molecule has 148 valence electrons. The molecule has 0 atom stereocenters. The highest BCUT2D eigenvalue weighted by Crippen LogP contribution is 2.30. The van der Waals surface area contributed by atoms with Crippen molar-refractivity contribution in [2.45, 2.75) is 0 Å². The first kappa shape index (κ1) is 18.8. The molecule has 0 unspecified atom stereocenters. The Morgan fingerprint density at radius 1 is 1.00 bits per heavy atom. The van der Waals surface area contributed by atoms with Crippen molar-refractivity contribution in [2.75, 3.05) is 18.1 Å². The van der Waals surface area contributed by atoms with Crippen molar-refractivity contribution in [1.82, 2.24) is 24.7 Å². The van der Waals surface area contributed by atoms with E-state index < -0.39 is 10.0 Å². The predicted molar refractivity (Wildman–Crippen MR) is 110 cm³/mol. The molecule has 10 heteroatoms. The van der Waals surface area contributed by atoms with Gasteiger partial charge in [0.05, 0.1) is 42.5 Å². The van der Waals surface area contributed by atoms with Crippen molar-refractivity contribution in [1.29, 1.82) is 0 Å². The van der Waals surface area contributed by atoms with Gasteiger partial charge in [-0.05, 0) is 23.8 Å². The van der Waals surface area contributed by atoms with Crippen LogP contribution in [0.4, 0.5) is 5.69 Å². The number of aromatic nitrogens is 5. The summed E-state index contributed by atoms with van der Waals surface area (Å²) in [5.74, 6) is 0.193. The fourth-order valence-corrected chi connectivity index (χ4v) is 3.47. The van der Waals surface area contributed by atoms with Crippen molar-refractivity contribution >= 4 is 26.7 Å². The molecule has 3 heterocycles. The van der Waals surface area contributed by atoms with Gasteiger partial charge in [-0.25, -0.2) is 18.4 Å². The van der Waals surface area contributed by atoms with Crippen LogP contribution in [0.1, 0.15) is 0 Å². The molecule has 0 bridgehead atoms. The number of benzene rings is 1. The third kappa shape index (κ3) is 4.02. The summed E-state index contributed by atoms with van der Waals surface area (Å²) in [6, 6.07) is 7.30. The van der Waals surface area contributed by atoms with Gasteiger partial charge in [-0.1, -0.05) is 6.07 Å². The van der Waals surface area contributed by atoms with E-state index in [1.54, 1.807) is 29.3 Å². The molecule has 9 nitrogen and oxygen atoms in total. The van der Waals surface area contributed by atoms with Crippen LogP contribution in [0.15, 0.2) is 49.1 Å². The molecule has 0 fully saturated rings. The van der Waals surface area contributed by atoms with E-state index in [1.807, 2.05) is 31.4 Å². The van der Waals surface area contributed by atoms with Gasteiger partial charge in [-0.2, -0.15) is 5.10 Å². The van der Waals surface area contributed by atoms with Crippen LogP contribution in [0.3, 0.4) is 0 Å². The average molecular weight is 410 g/mol. The van der Waals surface area contributed by atoms with Gasteiger partial charge >= 0.3 is 0 Å². The van der Waals surface area contributed by atoms with Gasteiger partial charge in [0.2, 0.25) is 15.9 Å². The highest BCUT2D eigenvalue weighted by atomic mass is 32.2. The van der Waals surface area contributed by atoms with Gasteiger partial charge in [0.1, 0.15) is 5.69 Å². The number of rotatable bonds is 5. The average Bonchev–Trinajstić information content (AvgIpc) is 3.12. The van der Waals surface area contributed by atoms with Crippen LogP contribution in [0.5, 0.6) is 5.88 Å². The van der Waals surface area contributed by atoms with Gasteiger partial charge in [0, 0.05) is 30.6 Å². The number of nitrogens with one attached hydrogen (secondary N) is 1. The number of ether oxygens (including phenoxy) is 1. The van der Waals surface area contributed by atoms with E-state index in [4.69, 9.17) is 4.74 Å². The van der Waals surface area contributed by atoms with Crippen LogP contribution >= 0.6 is 0 Å². The summed E-state index contributed by atoms with van der Waals surface area (Å²) in [6.45, 7) is 0. The van der Waals surface area contributed by atoms with Crippen molar-refractivity contribution in [3.63, 3.8) is 0 Å². The van der Waals surface area contributed by atoms with E-state index in [0.717, 1.165) is 28.6 Å². The number of hydrogen-bond donors (Lipinski definition) is 1. The van der Waals surface area contributed by atoms with Crippen LogP contribution in [0, 0.1) is 0 Å². The molecule has 0 saturated heterocycles. The lowest BCUT2D eigenvalue weighted by atomic mass is 10.1. The lowest BCUT2D eigenvalue weighted by molar-refractivity contribution is 0.400. The Morgan fingerprint density at radius 3 is 2.52 bits per heavy atom. The molecule has 4 rings (SSSR count). The van der Waals surface area contributed by atoms with Gasteiger partial charge in [0.15, 0.2) is 0 Å². The van der Waals surface area contributed by atoms with E-state index in [0.29, 0.717) is 11.1 Å². The van der Waals surface area contributed by atoms with E-state index >= 15 is 0 Å². The van der Waals surface area contributed by atoms with Crippen molar-refractivity contribution in [3.8, 4) is 28.3 Å². The predicted octanol–water partition coefficient (Wildman–Crippen LogP) is 2.47. The minimum atomic E-state index is -3.48. The van der Waals surface area contributed by atoms with E-state index in [2.05, 4.69) is 24.8 Å². The molecule has 29 heavy (non-hydrogen) atoms. The molecule has 0 aliphatic rings. The molecular weight excluding hydrogens is 392 g/mol. The molecule has 0 saturated carbocycles. The monoisotopic (exact) mass is 410 g/mol. The zero-order chi connectivity index (χ0) is 20.6. The lowest BCUT2D eigenvalue weighted by Gasteiger charge is -2.11. The Hall–Kier alpha value is -3.53. The number of aryl methyl sites for hydroxylation is 1. The number of nitrogens with zero attached hydrogens (tertiary/aromatic N) is 5. The summed E-state index contributed by atoms with van der Waals surface area (Å²) in [5.41, 5.74) is 4.85. The Morgan fingerprint density at radius 2 is 1.83 bits per heavy atom. The summed E-state index contributed by atoms with van der Waals surface area (Å²) < 4.78 is 32.6. The highest BCUT2D eigenvalue weighted by molar-refractivity contribution is 7.92. The maximum absolute atomic E-state index is 11.6. The molecule has 0 aliphatic carbocycles. The number of sulfonamides is 1. The fourth-order valence-electron chi connectivity index (χ4n) is 2.93. The molecule has 4 aromatic rings. The summed E-state index contributed by atoms with van der Waals surface area (Å²) in [4.78, 5) is 13.4. The largest absolute Gasteiger partial charge is 0.480 e. The Bertz CT molecular complexity index is 1320. The minimum Gasteiger partial charge on any atom is -0.480 e. The van der Waals surface area contributed by atoms with Crippen LogP contribution in [0.2, 0.25) is 0 Å². The summed E-state index contributed by atoms with van der Waals surface area (Å²) in [7, 11) is -0.204. The summed E-state index contributed by atoms with van der Waals surface area (Å²) >= 11 is 0. The van der Waals surface area contributed by atoms with Gasteiger partial charge < -0.3 is 4.74 Å².